The van der Waals surface area contributed by atoms with Crippen molar-refractivity contribution in [1.29, 1.82) is 0 Å². The minimum absolute atomic E-state index is 0.0535. The highest BCUT2D eigenvalue weighted by molar-refractivity contribution is 7.75. The highest BCUT2D eigenvalue weighted by Crippen LogP contribution is 2.66. The molecular weight excluding hydrogens is 376 g/mol. The average Bonchev–Trinajstić information content (AvgIpc) is 2.94. The number of allylic oxidation sites excluding steroid dienone is 2. The first-order valence-corrected chi connectivity index (χ1v) is 11.2. The van der Waals surface area contributed by atoms with Gasteiger partial charge in [-0.25, -0.2) is 0 Å². The zero-order valence-corrected chi connectivity index (χ0v) is 18.0. The number of rotatable bonds is 2. The molecule has 28 heavy (non-hydrogen) atoms. The van der Waals surface area contributed by atoms with Crippen LogP contribution in [0.25, 0.3) is 0 Å². The van der Waals surface area contributed by atoms with E-state index >= 15 is 0 Å². The van der Waals surface area contributed by atoms with Crippen LogP contribution in [-0.2, 0) is 24.5 Å². The van der Waals surface area contributed by atoms with E-state index < -0.39 is 23.1 Å². The summed E-state index contributed by atoms with van der Waals surface area (Å²) in [6, 6.07) is 0. The summed E-state index contributed by atoms with van der Waals surface area (Å²) in [5, 5.41) is 10.2. The summed E-state index contributed by atoms with van der Waals surface area (Å²) in [5.41, 5.74) is 1.51. The molecule has 7 atom stereocenters. The maximum absolute atomic E-state index is 11.9. The number of hydrogen-bond acceptors (Lipinski definition) is 5. The Morgan fingerprint density at radius 1 is 1.29 bits per heavy atom. The maximum atomic E-state index is 11.9. The van der Waals surface area contributed by atoms with Crippen LogP contribution in [0.15, 0.2) is 36.1 Å². The number of aliphatic hydroxyl groups is 1. The summed E-state index contributed by atoms with van der Waals surface area (Å²) in [7, 11) is 0. The third kappa shape index (κ3) is 2.87. The van der Waals surface area contributed by atoms with Crippen molar-refractivity contribution in [2.24, 2.45) is 22.7 Å². The van der Waals surface area contributed by atoms with Gasteiger partial charge in [0.15, 0.2) is 0 Å². The first-order chi connectivity index (χ1) is 13.1. The second-order valence-electron chi connectivity index (χ2n) is 9.65. The van der Waals surface area contributed by atoms with Gasteiger partial charge in [0.25, 0.3) is 0 Å². The van der Waals surface area contributed by atoms with Crippen molar-refractivity contribution in [2.75, 3.05) is 13.2 Å². The minimum atomic E-state index is -1.66. The number of ether oxygens (including phenoxy) is 1. The largest absolute Gasteiger partial charge is 0.491 e. The number of hydrogen-bond donors (Lipinski definition) is 1. The van der Waals surface area contributed by atoms with Crippen LogP contribution in [0.1, 0.15) is 52.9 Å². The minimum Gasteiger partial charge on any atom is -0.491 e. The standard InChI is InChI=1S/C22H32O5S/c1-14-6-9-19-20(3,17(14)8-7-16-15(2)25-12-18(16)23)10-11-22(5)21(19,4)13-26-28(24)27-22/h7,17-19,23H,1-2,6,8-13H2,3-5H3/b16-7-/t17-,18-,19+,20+,21+,22-,28+/m1/s1. The van der Waals surface area contributed by atoms with Gasteiger partial charge in [-0.1, -0.05) is 38.7 Å². The van der Waals surface area contributed by atoms with Crippen molar-refractivity contribution < 1.29 is 22.4 Å². The van der Waals surface area contributed by atoms with Crippen molar-refractivity contribution in [3.8, 4) is 0 Å². The smallest absolute Gasteiger partial charge is 0.305 e. The van der Waals surface area contributed by atoms with E-state index in [4.69, 9.17) is 13.1 Å². The Balaban J connectivity index is 1.65. The summed E-state index contributed by atoms with van der Waals surface area (Å²) in [6.07, 6.45) is 6.20. The van der Waals surface area contributed by atoms with Crippen molar-refractivity contribution in [1.82, 2.24) is 0 Å². The zero-order chi connectivity index (χ0) is 20.3. The van der Waals surface area contributed by atoms with Crippen LogP contribution < -0.4 is 0 Å². The molecule has 4 aliphatic rings. The lowest BCUT2D eigenvalue weighted by molar-refractivity contribution is -0.202. The number of fused-ring (bicyclic) bond motifs is 3. The van der Waals surface area contributed by atoms with E-state index in [1.165, 1.54) is 5.57 Å². The third-order valence-corrected chi connectivity index (χ3v) is 9.15. The Labute approximate surface area is 170 Å². The molecule has 0 bridgehead atoms. The van der Waals surface area contributed by atoms with Gasteiger partial charge >= 0.3 is 11.4 Å². The van der Waals surface area contributed by atoms with Crippen molar-refractivity contribution >= 4 is 11.4 Å². The molecule has 5 nitrogen and oxygen atoms in total. The van der Waals surface area contributed by atoms with Gasteiger partial charge in [-0.2, -0.15) is 4.21 Å². The Bertz CT molecular complexity index is 760. The molecule has 0 aromatic carbocycles. The summed E-state index contributed by atoms with van der Waals surface area (Å²) in [5.74, 6) is 1.28. The van der Waals surface area contributed by atoms with Crippen molar-refractivity contribution in [2.45, 2.75) is 64.6 Å². The van der Waals surface area contributed by atoms with Crippen molar-refractivity contribution in [3.63, 3.8) is 0 Å². The Hall–Kier alpha value is -0.950. The molecule has 0 radical (unpaired) electrons. The van der Waals surface area contributed by atoms with Crippen LogP contribution in [0, 0.1) is 22.7 Å². The Morgan fingerprint density at radius 2 is 2.04 bits per heavy atom. The van der Waals surface area contributed by atoms with E-state index in [2.05, 4.69) is 40.0 Å². The molecular formula is C22H32O5S. The normalized spacial score (nSPS) is 50.2. The van der Waals surface area contributed by atoms with E-state index in [1.54, 1.807) is 0 Å². The highest BCUT2D eigenvalue weighted by Gasteiger charge is 2.65. The van der Waals surface area contributed by atoms with Gasteiger partial charge in [0.05, 0.1) is 12.2 Å². The molecule has 4 fully saturated rings. The van der Waals surface area contributed by atoms with Crippen LogP contribution in [-0.4, -0.2) is 34.2 Å². The molecule has 2 saturated carbocycles. The van der Waals surface area contributed by atoms with E-state index in [-0.39, 0.29) is 10.8 Å². The summed E-state index contributed by atoms with van der Waals surface area (Å²) < 4.78 is 28.7. The van der Waals surface area contributed by atoms with E-state index in [0.29, 0.717) is 30.8 Å². The van der Waals surface area contributed by atoms with E-state index in [0.717, 1.165) is 37.7 Å². The summed E-state index contributed by atoms with van der Waals surface area (Å²) >= 11 is -1.66. The highest BCUT2D eigenvalue weighted by atomic mass is 32.2. The average molecular weight is 409 g/mol. The van der Waals surface area contributed by atoms with E-state index in [9.17, 15) is 9.32 Å². The molecule has 2 saturated heterocycles. The van der Waals surface area contributed by atoms with Crippen LogP contribution in [0.3, 0.4) is 0 Å². The topological polar surface area (TPSA) is 65.0 Å². The van der Waals surface area contributed by atoms with E-state index in [1.807, 2.05) is 0 Å². The van der Waals surface area contributed by atoms with Crippen LogP contribution in [0.2, 0.25) is 0 Å². The molecule has 4 rings (SSSR count). The lowest BCUT2D eigenvalue weighted by Gasteiger charge is -2.64. The lowest BCUT2D eigenvalue weighted by Crippen LogP contribution is -2.65. The molecule has 2 aliphatic carbocycles. The predicted octanol–water partition coefficient (Wildman–Crippen LogP) is 3.98. The summed E-state index contributed by atoms with van der Waals surface area (Å²) in [6.45, 7) is 15.8. The molecule has 1 N–H and O–H groups in total. The molecule has 0 unspecified atom stereocenters. The van der Waals surface area contributed by atoms with Crippen LogP contribution in [0.4, 0.5) is 0 Å². The third-order valence-electron chi connectivity index (χ3n) is 8.33. The van der Waals surface area contributed by atoms with Gasteiger partial charge in [0, 0.05) is 11.0 Å². The molecule has 6 heteroatoms. The quantitative estimate of drug-likeness (QED) is 0.700. The Kier molecular flexibility index (Phi) is 4.93. The maximum Gasteiger partial charge on any atom is 0.305 e. The zero-order valence-electron chi connectivity index (χ0n) is 17.2. The molecule has 0 amide bonds. The number of aliphatic hydroxyl groups excluding tert-OH is 1. The second kappa shape index (κ2) is 6.79. The molecule has 156 valence electrons. The van der Waals surface area contributed by atoms with Gasteiger partial charge in [-0.05, 0) is 56.3 Å². The van der Waals surface area contributed by atoms with Gasteiger partial charge < -0.3 is 9.84 Å². The molecule has 0 aromatic rings. The first-order valence-electron chi connectivity index (χ1n) is 10.2. The van der Waals surface area contributed by atoms with Crippen LogP contribution in [0.5, 0.6) is 0 Å². The Morgan fingerprint density at radius 3 is 2.71 bits per heavy atom. The summed E-state index contributed by atoms with van der Waals surface area (Å²) in [4.78, 5) is 0. The lowest BCUT2D eigenvalue weighted by atomic mass is 9.43. The molecule has 2 heterocycles. The molecule has 0 aromatic heterocycles. The fraction of sp³-hybridized carbons (Fsp3) is 0.727. The first kappa shape index (κ1) is 20.3. The molecule has 2 aliphatic heterocycles. The SMILES string of the molecule is C=C1OC[C@@H](O)/C1=C\C[C@@H]1C(=C)CC[C@H]2[C@@]1(C)CC[C@@]1(C)O[S@@](=O)OC[C@@]21C. The van der Waals surface area contributed by atoms with Gasteiger partial charge in [-0.3, -0.25) is 8.37 Å². The van der Waals surface area contributed by atoms with Crippen LogP contribution >= 0.6 is 0 Å². The van der Waals surface area contributed by atoms with Crippen molar-refractivity contribution in [3.05, 3.63) is 36.1 Å². The van der Waals surface area contributed by atoms with Gasteiger partial charge in [0.2, 0.25) is 0 Å². The second-order valence-corrected chi connectivity index (χ2v) is 10.5. The fourth-order valence-corrected chi connectivity index (χ4v) is 7.27. The van der Waals surface area contributed by atoms with Gasteiger partial charge in [-0.15, -0.1) is 0 Å². The fourth-order valence-electron chi connectivity index (χ4n) is 6.30. The predicted molar refractivity (Wildman–Crippen MR) is 108 cm³/mol. The van der Waals surface area contributed by atoms with Gasteiger partial charge in [0.1, 0.15) is 18.5 Å². The molecule has 0 spiro atoms. The monoisotopic (exact) mass is 408 g/mol.